The fraction of sp³-hybridized carbons (Fsp3) is 0.400. The van der Waals surface area contributed by atoms with Crippen molar-refractivity contribution in [3.05, 3.63) is 144 Å². The zero-order valence-corrected chi connectivity index (χ0v) is 40.1. The second-order valence-corrected chi connectivity index (χ2v) is 18.2. The molecule has 360 valence electrons. The highest BCUT2D eigenvalue weighted by Crippen LogP contribution is 2.33. The van der Waals surface area contributed by atoms with E-state index in [-0.39, 0.29) is 37.4 Å². The number of hydrogen-bond acceptors (Lipinski definition) is 11. The fourth-order valence-corrected chi connectivity index (χ4v) is 9.10. The van der Waals surface area contributed by atoms with Gasteiger partial charge in [0.2, 0.25) is 17.7 Å². The van der Waals surface area contributed by atoms with E-state index in [9.17, 15) is 14.4 Å². The Labute approximate surface area is 406 Å². The maximum atomic E-state index is 13.6. The predicted molar refractivity (Wildman–Crippen MR) is 274 cm³/mol. The van der Waals surface area contributed by atoms with Crippen LogP contribution in [0.25, 0.3) is 32.8 Å². The van der Waals surface area contributed by atoms with Gasteiger partial charge in [-0.3, -0.25) is 39.0 Å². The first-order valence-electron chi connectivity index (χ1n) is 24.8. The van der Waals surface area contributed by atoms with E-state index in [1.165, 1.54) is 0 Å². The lowest BCUT2D eigenvalue weighted by atomic mass is 9.99. The summed E-state index contributed by atoms with van der Waals surface area (Å²) in [6, 6.07) is 28.1. The minimum Gasteiger partial charge on any atom is -0.355 e. The number of amides is 3. The number of nitrogens with zero attached hydrogens (tertiary/aromatic N) is 8. The molecule has 8 rings (SSSR count). The third-order valence-electron chi connectivity index (χ3n) is 13.0. The topological polar surface area (TPSA) is 152 Å². The summed E-state index contributed by atoms with van der Waals surface area (Å²) < 4.78 is 0. The quantitative estimate of drug-likeness (QED) is 0.0563. The van der Waals surface area contributed by atoms with E-state index >= 15 is 0 Å². The zero-order valence-electron chi connectivity index (χ0n) is 40.1. The minimum atomic E-state index is -0.0688. The van der Waals surface area contributed by atoms with Gasteiger partial charge in [0, 0.05) is 95.5 Å². The molecule has 1 saturated heterocycles. The number of aryl methyl sites for hydroxylation is 2. The summed E-state index contributed by atoms with van der Waals surface area (Å²) >= 11 is 0. The summed E-state index contributed by atoms with van der Waals surface area (Å²) in [5, 5.41) is 11.3. The van der Waals surface area contributed by atoms with Gasteiger partial charge in [-0.2, -0.15) is 0 Å². The van der Waals surface area contributed by atoms with Crippen molar-refractivity contribution in [1.29, 1.82) is 0 Å². The number of pyridine rings is 2. The molecule has 0 unspecified atom stereocenters. The molecule has 1 aliphatic heterocycles. The number of fused-ring (bicyclic) bond motifs is 7. The molecule has 14 nitrogen and oxygen atoms in total. The number of allylic oxidation sites excluding steroid dienone is 3. The molecule has 0 saturated carbocycles. The third kappa shape index (κ3) is 14.3. The van der Waals surface area contributed by atoms with E-state index in [0.29, 0.717) is 78.5 Å². The molecule has 1 fully saturated rings. The van der Waals surface area contributed by atoms with Crippen LogP contribution in [0.15, 0.2) is 115 Å². The molecule has 69 heavy (non-hydrogen) atoms. The van der Waals surface area contributed by atoms with Crippen LogP contribution in [0.4, 0.5) is 0 Å². The Morgan fingerprint density at radius 2 is 1.03 bits per heavy atom. The Morgan fingerprint density at radius 1 is 0.536 bits per heavy atom. The summed E-state index contributed by atoms with van der Waals surface area (Å²) in [4.78, 5) is 70.1. The largest absolute Gasteiger partial charge is 0.355 e. The number of aromatic nitrogens is 4. The molecule has 4 heterocycles. The van der Waals surface area contributed by atoms with E-state index in [4.69, 9.17) is 19.9 Å². The van der Waals surface area contributed by atoms with Gasteiger partial charge in [-0.15, -0.1) is 0 Å². The first-order chi connectivity index (χ1) is 33.9. The smallest absolute Gasteiger partial charge is 0.234 e. The first kappa shape index (κ1) is 49.0. The van der Waals surface area contributed by atoms with Gasteiger partial charge in [0.25, 0.3) is 0 Å². The Balaban J connectivity index is 1.03. The highest BCUT2D eigenvalue weighted by atomic mass is 16.2. The number of rotatable bonds is 17. The number of nitrogens with one attached hydrogen (secondary N) is 3. The van der Waals surface area contributed by atoms with Crippen molar-refractivity contribution < 1.29 is 14.4 Å². The van der Waals surface area contributed by atoms with Gasteiger partial charge in [-0.05, 0) is 73.9 Å². The van der Waals surface area contributed by atoms with Crippen LogP contribution in [0.1, 0.15) is 60.8 Å². The molecule has 0 spiro atoms. The summed E-state index contributed by atoms with van der Waals surface area (Å²) in [7, 11) is 0. The summed E-state index contributed by atoms with van der Waals surface area (Å²) in [5.41, 5.74) is 8.54. The predicted octanol–water partition coefficient (Wildman–Crippen LogP) is 5.99. The average molecular weight is 930 g/mol. The van der Waals surface area contributed by atoms with E-state index in [1.807, 2.05) is 85.1 Å². The summed E-state index contributed by atoms with van der Waals surface area (Å²) in [5.74, 6) is -0.152. The number of hydrogen-bond donors (Lipinski definition) is 3. The molecule has 3 N–H and O–H groups in total. The SMILES string of the molecule is CC/C=C\C=C/CCNC(=O)CN1CCN(CC(=O)NCc2ccccc2)CCN(CC(=O)NCc2ccccc2)CCN(Cc2ccc3c(n2)c2ncccc2c2nc4c(nc32)CCCC4)CC1. The van der Waals surface area contributed by atoms with Crippen molar-refractivity contribution in [2.45, 2.75) is 65.1 Å². The van der Waals surface area contributed by atoms with E-state index < -0.39 is 0 Å². The molecule has 1 aliphatic carbocycles. The van der Waals surface area contributed by atoms with Crippen LogP contribution in [-0.4, -0.2) is 136 Å². The molecule has 14 heteroatoms. The Bertz CT molecular complexity index is 2710. The van der Waals surface area contributed by atoms with Gasteiger partial charge < -0.3 is 16.0 Å². The van der Waals surface area contributed by atoms with Gasteiger partial charge in [0.1, 0.15) is 0 Å². The maximum absolute atomic E-state index is 13.6. The monoisotopic (exact) mass is 930 g/mol. The molecule has 2 aliphatic rings. The fourth-order valence-electron chi connectivity index (χ4n) is 9.10. The van der Waals surface area contributed by atoms with Gasteiger partial charge in [0.05, 0.1) is 58.8 Å². The van der Waals surface area contributed by atoms with Gasteiger partial charge >= 0.3 is 0 Å². The summed E-state index contributed by atoms with van der Waals surface area (Å²) in [6.45, 7) is 9.57. The van der Waals surface area contributed by atoms with Gasteiger partial charge in [-0.25, -0.2) is 15.0 Å². The van der Waals surface area contributed by atoms with Crippen LogP contribution in [0, 0.1) is 0 Å². The lowest BCUT2D eigenvalue weighted by Crippen LogP contribution is -2.50. The Hall–Kier alpha value is -6.45. The Morgan fingerprint density at radius 3 is 1.58 bits per heavy atom. The van der Waals surface area contributed by atoms with E-state index in [0.717, 1.165) is 99.6 Å². The highest BCUT2D eigenvalue weighted by Gasteiger charge is 2.23. The van der Waals surface area contributed by atoms with Crippen LogP contribution < -0.4 is 16.0 Å². The number of carbonyl (C=O) groups is 3. The van der Waals surface area contributed by atoms with Crippen molar-refractivity contribution in [2.24, 2.45) is 0 Å². The zero-order chi connectivity index (χ0) is 47.6. The highest BCUT2D eigenvalue weighted by molar-refractivity contribution is 6.20. The van der Waals surface area contributed by atoms with Crippen molar-refractivity contribution in [3.8, 4) is 0 Å². The molecule has 6 aromatic rings. The lowest BCUT2D eigenvalue weighted by Gasteiger charge is -2.33. The van der Waals surface area contributed by atoms with Crippen molar-refractivity contribution in [3.63, 3.8) is 0 Å². The molecule has 3 aromatic carbocycles. The van der Waals surface area contributed by atoms with Crippen LogP contribution in [-0.2, 0) is 46.9 Å². The second kappa shape index (κ2) is 25.2. The van der Waals surface area contributed by atoms with E-state index in [1.54, 1.807) is 0 Å². The molecule has 0 bridgehead atoms. The average Bonchev–Trinajstić information content (AvgIpc) is 3.38. The van der Waals surface area contributed by atoms with E-state index in [2.05, 4.69) is 72.8 Å². The third-order valence-corrected chi connectivity index (χ3v) is 13.0. The van der Waals surface area contributed by atoms with Crippen molar-refractivity contribution >= 4 is 50.6 Å². The maximum Gasteiger partial charge on any atom is 0.234 e. The van der Waals surface area contributed by atoms with Crippen LogP contribution in [0.5, 0.6) is 0 Å². The van der Waals surface area contributed by atoms with Crippen molar-refractivity contribution in [2.75, 3.05) is 78.5 Å². The van der Waals surface area contributed by atoms with Crippen LogP contribution >= 0.6 is 0 Å². The Kier molecular flexibility index (Phi) is 17.9. The second-order valence-electron chi connectivity index (χ2n) is 18.2. The molecule has 0 atom stereocenters. The van der Waals surface area contributed by atoms with Gasteiger partial charge in [0.15, 0.2) is 0 Å². The lowest BCUT2D eigenvalue weighted by molar-refractivity contribution is -0.124. The first-order valence-corrected chi connectivity index (χ1v) is 24.8. The molecule has 0 radical (unpaired) electrons. The van der Waals surface area contributed by atoms with Crippen molar-refractivity contribution in [1.82, 2.24) is 55.5 Å². The number of benzene rings is 3. The molecular weight excluding hydrogens is 863 g/mol. The minimum absolute atomic E-state index is 0.0295. The van der Waals surface area contributed by atoms with Crippen LogP contribution in [0.3, 0.4) is 0 Å². The van der Waals surface area contributed by atoms with Crippen LogP contribution in [0.2, 0.25) is 0 Å². The molecular formula is C55H67N11O3. The molecule has 3 aromatic heterocycles. The summed E-state index contributed by atoms with van der Waals surface area (Å²) in [6.07, 6.45) is 15.9. The number of carbonyl (C=O) groups excluding carboxylic acids is 3. The standard InChI is InChI=1S/C55H67N11O3/c1-2-3-4-5-6-15-26-56-49(67)39-64-30-28-63(38-44-24-25-46-53(60-44)52-45(21-16-27-57-52)54-55(46)62-48-23-14-13-22-47(48)61-54)29-31-65(40-50(68)58-36-42-17-9-7-10-18-42)34-35-66(33-32-64)41-51(69)59-37-43-19-11-8-12-20-43/h3-12,16-21,24-25,27H,2,13-15,22-23,26,28-41H2,1H3,(H,56,67)(H,58,68)(H,59,69)/b4-3-,6-5-. The van der Waals surface area contributed by atoms with Gasteiger partial charge in [-0.1, -0.05) is 91.9 Å². The molecule has 3 amide bonds. The normalized spacial score (nSPS) is 16.1.